The first-order chi connectivity index (χ1) is 10.2. The molecule has 2 unspecified atom stereocenters. The van der Waals surface area contributed by atoms with Gasteiger partial charge in [0.25, 0.3) is 0 Å². The molecule has 0 radical (unpaired) electrons. The first kappa shape index (κ1) is 16.5. The summed E-state index contributed by atoms with van der Waals surface area (Å²) in [5.74, 6) is 0.978. The second kappa shape index (κ2) is 8.56. The van der Waals surface area contributed by atoms with Gasteiger partial charge in [-0.1, -0.05) is 6.92 Å². The molecule has 1 N–H and O–H groups in total. The van der Waals surface area contributed by atoms with E-state index in [0.29, 0.717) is 0 Å². The Kier molecular flexibility index (Phi) is 6.73. The number of hydrogen-bond donors (Lipinski definition) is 1. The van der Waals surface area contributed by atoms with Crippen LogP contribution < -0.4 is 5.32 Å². The van der Waals surface area contributed by atoms with E-state index in [4.69, 9.17) is 9.47 Å². The van der Waals surface area contributed by atoms with Crippen molar-refractivity contribution in [1.29, 1.82) is 0 Å². The van der Waals surface area contributed by atoms with E-state index in [-0.39, 0.29) is 12.2 Å². The molecule has 0 aromatic heterocycles. The van der Waals surface area contributed by atoms with Crippen LogP contribution in [0.3, 0.4) is 0 Å². The lowest BCUT2D eigenvalue weighted by molar-refractivity contribution is -0.0816. The molecule has 2 aliphatic heterocycles. The van der Waals surface area contributed by atoms with E-state index in [1.165, 1.54) is 0 Å². The summed E-state index contributed by atoms with van der Waals surface area (Å²) in [6, 6.07) is 0. The Bertz CT molecular complexity index is 332. The minimum atomic E-state index is 0.179. The van der Waals surface area contributed by atoms with Gasteiger partial charge in [0.1, 0.15) is 6.10 Å². The largest absolute Gasteiger partial charge is 0.375 e. The Labute approximate surface area is 128 Å². The van der Waals surface area contributed by atoms with Crippen LogP contribution in [-0.4, -0.2) is 88.0 Å². The van der Waals surface area contributed by atoms with Gasteiger partial charge in [0, 0.05) is 39.8 Å². The third-order valence-electron chi connectivity index (χ3n) is 4.30. The van der Waals surface area contributed by atoms with Gasteiger partial charge in [0.15, 0.2) is 5.96 Å². The van der Waals surface area contributed by atoms with Crippen molar-refractivity contribution in [1.82, 2.24) is 15.1 Å². The van der Waals surface area contributed by atoms with Crippen LogP contribution in [0.25, 0.3) is 0 Å². The highest BCUT2D eigenvalue weighted by atomic mass is 16.5. The lowest BCUT2D eigenvalue weighted by Gasteiger charge is -2.37. The molecule has 0 aliphatic carbocycles. The van der Waals surface area contributed by atoms with Crippen molar-refractivity contribution in [2.24, 2.45) is 4.99 Å². The van der Waals surface area contributed by atoms with Gasteiger partial charge >= 0.3 is 0 Å². The molecular weight excluding hydrogens is 268 g/mol. The number of morpholine rings is 1. The average Bonchev–Trinajstić information content (AvgIpc) is 3.06. The highest BCUT2D eigenvalue weighted by Crippen LogP contribution is 2.20. The molecule has 2 aliphatic rings. The number of ether oxygens (including phenoxy) is 2. The number of nitrogens with one attached hydrogen (secondary N) is 1. The molecule has 2 saturated heterocycles. The van der Waals surface area contributed by atoms with Crippen molar-refractivity contribution >= 4 is 5.96 Å². The van der Waals surface area contributed by atoms with Crippen LogP contribution in [0, 0.1) is 0 Å². The standard InChI is InChI=1S/C15H30N4O2/c1-4-18(3)8-7-17-15(16-2)19-9-11-21-14(12-19)13-6-5-10-20-13/h13-14H,4-12H2,1-3H3,(H,16,17). The molecule has 2 atom stereocenters. The summed E-state index contributed by atoms with van der Waals surface area (Å²) in [5.41, 5.74) is 0. The first-order valence-corrected chi connectivity index (χ1v) is 8.12. The number of hydrogen-bond acceptors (Lipinski definition) is 4. The van der Waals surface area contributed by atoms with Crippen molar-refractivity contribution in [2.45, 2.75) is 32.0 Å². The second-order valence-electron chi connectivity index (χ2n) is 5.78. The maximum absolute atomic E-state index is 5.89. The van der Waals surface area contributed by atoms with Gasteiger partial charge in [-0.15, -0.1) is 0 Å². The van der Waals surface area contributed by atoms with Crippen LogP contribution in [0.4, 0.5) is 0 Å². The van der Waals surface area contributed by atoms with E-state index in [0.717, 1.165) is 64.7 Å². The quantitative estimate of drug-likeness (QED) is 0.588. The molecule has 21 heavy (non-hydrogen) atoms. The Balaban J connectivity index is 1.80. The summed E-state index contributed by atoms with van der Waals surface area (Å²) in [7, 11) is 3.98. The fourth-order valence-corrected chi connectivity index (χ4v) is 2.84. The van der Waals surface area contributed by atoms with Gasteiger partial charge in [-0.3, -0.25) is 4.99 Å². The number of rotatable bonds is 5. The second-order valence-corrected chi connectivity index (χ2v) is 5.78. The molecular formula is C15H30N4O2. The molecule has 0 aromatic carbocycles. The first-order valence-electron chi connectivity index (χ1n) is 8.12. The van der Waals surface area contributed by atoms with E-state index < -0.39 is 0 Å². The van der Waals surface area contributed by atoms with Gasteiger partial charge in [-0.05, 0) is 26.4 Å². The third-order valence-corrected chi connectivity index (χ3v) is 4.30. The molecule has 122 valence electrons. The lowest BCUT2D eigenvalue weighted by Crippen LogP contribution is -2.53. The highest BCUT2D eigenvalue weighted by Gasteiger charge is 2.32. The van der Waals surface area contributed by atoms with Crippen LogP contribution in [-0.2, 0) is 9.47 Å². The molecule has 0 saturated carbocycles. The predicted molar refractivity (Wildman–Crippen MR) is 84.8 cm³/mol. The monoisotopic (exact) mass is 298 g/mol. The summed E-state index contributed by atoms with van der Waals surface area (Å²) in [4.78, 5) is 8.99. The van der Waals surface area contributed by atoms with Crippen LogP contribution in [0.2, 0.25) is 0 Å². The molecule has 6 nitrogen and oxygen atoms in total. The Morgan fingerprint density at radius 2 is 2.14 bits per heavy atom. The van der Waals surface area contributed by atoms with Crippen molar-refractivity contribution in [3.05, 3.63) is 0 Å². The van der Waals surface area contributed by atoms with Crippen molar-refractivity contribution in [2.75, 3.05) is 60.0 Å². The van der Waals surface area contributed by atoms with E-state index in [9.17, 15) is 0 Å². The number of aliphatic imine (C=N–C) groups is 1. The fourth-order valence-electron chi connectivity index (χ4n) is 2.84. The Morgan fingerprint density at radius 1 is 1.33 bits per heavy atom. The van der Waals surface area contributed by atoms with Crippen LogP contribution in [0.5, 0.6) is 0 Å². The van der Waals surface area contributed by atoms with Gasteiger partial charge < -0.3 is 24.6 Å². The third kappa shape index (κ3) is 4.83. The Morgan fingerprint density at radius 3 is 2.81 bits per heavy atom. The molecule has 2 fully saturated rings. The zero-order chi connectivity index (χ0) is 15.1. The van der Waals surface area contributed by atoms with Crippen LogP contribution in [0.15, 0.2) is 4.99 Å². The molecule has 2 rings (SSSR count). The summed E-state index contributed by atoms with van der Waals surface area (Å²) < 4.78 is 11.7. The number of nitrogens with zero attached hydrogens (tertiary/aromatic N) is 3. The Hall–Kier alpha value is -0.850. The molecule has 6 heteroatoms. The fraction of sp³-hybridized carbons (Fsp3) is 0.933. The predicted octanol–water partition coefficient (Wildman–Crippen LogP) is 0.393. The maximum Gasteiger partial charge on any atom is 0.193 e. The van der Waals surface area contributed by atoms with Gasteiger partial charge in [0.05, 0.1) is 12.7 Å². The highest BCUT2D eigenvalue weighted by molar-refractivity contribution is 5.80. The van der Waals surface area contributed by atoms with Crippen molar-refractivity contribution in [3.63, 3.8) is 0 Å². The lowest BCUT2D eigenvalue weighted by atomic mass is 10.1. The molecule has 0 amide bonds. The summed E-state index contributed by atoms with van der Waals surface area (Å²) >= 11 is 0. The van der Waals surface area contributed by atoms with E-state index in [1.807, 2.05) is 7.05 Å². The van der Waals surface area contributed by atoms with Gasteiger partial charge in [-0.25, -0.2) is 0 Å². The molecule has 0 spiro atoms. The van der Waals surface area contributed by atoms with E-state index in [1.54, 1.807) is 0 Å². The topological polar surface area (TPSA) is 49.3 Å². The zero-order valence-electron chi connectivity index (χ0n) is 13.7. The van der Waals surface area contributed by atoms with E-state index in [2.05, 4.69) is 34.1 Å². The van der Waals surface area contributed by atoms with Crippen LogP contribution in [0.1, 0.15) is 19.8 Å². The van der Waals surface area contributed by atoms with E-state index >= 15 is 0 Å². The smallest absolute Gasteiger partial charge is 0.193 e. The van der Waals surface area contributed by atoms with Crippen LogP contribution >= 0.6 is 0 Å². The number of likely N-dealkylation sites (N-methyl/N-ethyl adjacent to an activating group) is 1. The normalized spacial score (nSPS) is 27.4. The molecule has 2 heterocycles. The minimum absolute atomic E-state index is 0.179. The number of guanidine groups is 1. The molecule has 0 bridgehead atoms. The van der Waals surface area contributed by atoms with Gasteiger partial charge in [-0.2, -0.15) is 0 Å². The van der Waals surface area contributed by atoms with Gasteiger partial charge in [0.2, 0.25) is 0 Å². The maximum atomic E-state index is 5.89. The SMILES string of the molecule is CCN(C)CCNC(=NC)N1CCOC(C2CCCO2)C1. The average molecular weight is 298 g/mol. The van der Waals surface area contributed by atoms with Crippen molar-refractivity contribution < 1.29 is 9.47 Å². The summed E-state index contributed by atoms with van der Waals surface area (Å²) in [6.07, 6.45) is 2.71. The zero-order valence-corrected chi connectivity index (χ0v) is 13.7. The van der Waals surface area contributed by atoms with Crippen molar-refractivity contribution in [3.8, 4) is 0 Å². The molecule has 0 aromatic rings. The summed E-state index contributed by atoms with van der Waals surface area (Å²) in [5, 5.41) is 3.45. The minimum Gasteiger partial charge on any atom is -0.375 e. The summed E-state index contributed by atoms with van der Waals surface area (Å²) in [6.45, 7) is 8.57.